The third-order valence-electron chi connectivity index (χ3n) is 2.93. The van der Waals surface area contributed by atoms with Crippen molar-refractivity contribution in [3.8, 4) is 11.5 Å². The van der Waals surface area contributed by atoms with E-state index in [1.54, 1.807) is 26.8 Å². The second-order valence-electron chi connectivity index (χ2n) is 5.93. The van der Waals surface area contributed by atoms with E-state index in [1.807, 2.05) is 0 Å². The first-order valence-electron chi connectivity index (χ1n) is 7.02. The summed E-state index contributed by atoms with van der Waals surface area (Å²) in [6, 6.07) is 3.16. The molecule has 1 aromatic carbocycles. The number of benzene rings is 1. The Labute approximate surface area is 129 Å². The lowest BCUT2D eigenvalue weighted by Crippen LogP contribution is -2.35. The SMILES string of the molecule is CC(C)(C)OC(=O)NCCOc1c(O)ccc2c1B(O)OC2. The van der Waals surface area contributed by atoms with E-state index in [1.165, 1.54) is 6.07 Å². The van der Waals surface area contributed by atoms with Crippen LogP contribution in [0.5, 0.6) is 11.5 Å². The topological polar surface area (TPSA) is 97.3 Å². The number of carbonyl (C=O) groups excluding carboxylic acids is 1. The minimum Gasteiger partial charge on any atom is -0.504 e. The highest BCUT2D eigenvalue weighted by molar-refractivity contribution is 6.62. The molecule has 0 atom stereocenters. The Bertz CT molecular complexity index is 557. The molecule has 3 N–H and O–H groups in total. The van der Waals surface area contributed by atoms with Gasteiger partial charge in [0.25, 0.3) is 0 Å². The molecule has 1 aliphatic rings. The number of aromatic hydroxyl groups is 1. The van der Waals surface area contributed by atoms with Crippen molar-refractivity contribution in [3.05, 3.63) is 17.7 Å². The van der Waals surface area contributed by atoms with Gasteiger partial charge in [0.05, 0.1) is 13.2 Å². The highest BCUT2D eigenvalue weighted by atomic mass is 16.6. The number of phenolic OH excluding ortho intramolecular Hbond substituents is 1. The van der Waals surface area contributed by atoms with Crippen LogP contribution >= 0.6 is 0 Å². The fourth-order valence-corrected chi connectivity index (χ4v) is 2.05. The molecule has 0 bridgehead atoms. The van der Waals surface area contributed by atoms with Crippen LogP contribution in [0.3, 0.4) is 0 Å². The number of carbonyl (C=O) groups is 1. The summed E-state index contributed by atoms with van der Waals surface area (Å²) in [6.07, 6.45) is -0.540. The van der Waals surface area contributed by atoms with E-state index in [0.717, 1.165) is 5.56 Å². The molecule has 0 fully saturated rings. The molecule has 8 heteroatoms. The Morgan fingerprint density at radius 2 is 2.18 bits per heavy atom. The summed E-state index contributed by atoms with van der Waals surface area (Å²) in [5.74, 6) is 0.0917. The largest absolute Gasteiger partial charge is 0.504 e. The van der Waals surface area contributed by atoms with Crippen molar-refractivity contribution in [2.24, 2.45) is 0 Å². The number of hydrogen-bond donors (Lipinski definition) is 3. The first-order valence-corrected chi connectivity index (χ1v) is 7.02. The van der Waals surface area contributed by atoms with Gasteiger partial charge in [0.1, 0.15) is 12.2 Å². The molecule has 0 spiro atoms. The molecular weight excluding hydrogens is 289 g/mol. The van der Waals surface area contributed by atoms with Crippen LogP contribution in [0.15, 0.2) is 12.1 Å². The van der Waals surface area contributed by atoms with E-state index < -0.39 is 18.8 Å². The first-order chi connectivity index (χ1) is 10.3. The molecule has 1 heterocycles. The summed E-state index contributed by atoms with van der Waals surface area (Å²) in [7, 11) is -1.11. The first kappa shape index (κ1) is 16.4. The molecule has 0 aromatic heterocycles. The van der Waals surface area contributed by atoms with Crippen LogP contribution in [0.2, 0.25) is 0 Å². The van der Waals surface area contributed by atoms with E-state index >= 15 is 0 Å². The maximum atomic E-state index is 11.5. The van der Waals surface area contributed by atoms with Crippen LogP contribution in [0, 0.1) is 0 Å². The van der Waals surface area contributed by atoms with Gasteiger partial charge >= 0.3 is 13.2 Å². The van der Waals surface area contributed by atoms with Crippen LogP contribution in [0.1, 0.15) is 26.3 Å². The van der Waals surface area contributed by atoms with Gasteiger partial charge in [-0.3, -0.25) is 0 Å². The number of fused-ring (bicyclic) bond motifs is 1. The Kier molecular flexibility index (Phi) is 4.82. The van der Waals surface area contributed by atoms with Crippen molar-refractivity contribution < 1.29 is 29.1 Å². The molecule has 22 heavy (non-hydrogen) atoms. The van der Waals surface area contributed by atoms with E-state index in [4.69, 9.17) is 14.1 Å². The molecule has 0 saturated heterocycles. The lowest BCUT2D eigenvalue weighted by Gasteiger charge is -2.19. The third-order valence-corrected chi connectivity index (χ3v) is 2.93. The smallest absolute Gasteiger partial charge is 0.495 e. The lowest BCUT2D eigenvalue weighted by atomic mass is 9.78. The van der Waals surface area contributed by atoms with Crippen molar-refractivity contribution in [3.63, 3.8) is 0 Å². The molecule has 1 aliphatic heterocycles. The number of ether oxygens (including phenoxy) is 2. The van der Waals surface area contributed by atoms with Gasteiger partial charge in [0.2, 0.25) is 0 Å². The summed E-state index contributed by atoms with van der Waals surface area (Å²) in [6.45, 7) is 5.91. The Balaban J connectivity index is 1.88. The second kappa shape index (κ2) is 6.45. The van der Waals surface area contributed by atoms with Gasteiger partial charge < -0.3 is 29.6 Å². The van der Waals surface area contributed by atoms with Gasteiger partial charge in [-0.1, -0.05) is 6.07 Å². The predicted molar refractivity (Wildman–Crippen MR) is 80.2 cm³/mol. The molecule has 0 unspecified atom stereocenters. The van der Waals surface area contributed by atoms with Crippen LogP contribution in [0.25, 0.3) is 0 Å². The molecule has 2 rings (SSSR count). The number of amides is 1. The molecule has 0 aliphatic carbocycles. The summed E-state index contributed by atoms with van der Waals surface area (Å²) < 4.78 is 15.7. The molecule has 7 nitrogen and oxygen atoms in total. The molecule has 120 valence electrons. The van der Waals surface area contributed by atoms with Gasteiger partial charge in [-0.15, -0.1) is 0 Å². The Hall–Kier alpha value is -1.93. The third kappa shape index (κ3) is 4.05. The number of phenols is 1. The minimum atomic E-state index is -1.11. The molecule has 1 amide bonds. The van der Waals surface area contributed by atoms with Gasteiger partial charge in [0.15, 0.2) is 11.5 Å². The molecule has 1 aromatic rings. The van der Waals surface area contributed by atoms with Crippen molar-refractivity contribution in [1.29, 1.82) is 0 Å². The number of alkyl carbamates (subject to hydrolysis) is 1. The van der Waals surface area contributed by atoms with Crippen molar-refractivity contribution in [1.82, 2.24) is 5.32 Å². The summed E-state index contributed by atoms with van der Waals surface area (Å²) in [4.78, 5) is 11.5. The Morgan fingerprint density at radius 3 is 2.86 bits per heavy atom. The normalized spacial score (nSPS) is 13.7. The second-order valence-corrected chi connectivity index (χ2v) is 5.93. The standard InChI is InChI=1S/C14H20BNO6/c1-14(2,3)22-13(18)16-6-7-20-12-10(17)5-4-9-8-21-15(19)11(9)12/h4-5,17,19H,6-8H2,1-3H3,(H,16,18). The average molecular weight is 309 g/mol. The van der Waals surface area contributed by atoms with Gasteiger partial charge in [-0.25, -0.2) is 4.79 Å². The van der Waals surface area contributed by atoms with Crippen LogP contribution in [-0.2, 0) is 16.0 Å². The molecule has 0 radical (unpaired) electrons. The maximum Gasteiger partial charge on any atom is 0.495 e. The highest BCUT2D eigenvalue weighted by Crippen LogP contribution is 2.28. The summed E-state index contributed by atoms with van der Waals surface area (Å²) in [5, 5.41) is 22.2. The fourth-order valence-electron chi connectivity index (χ4n) is 2.05. The zero-order valence-corrected chi connectivity index (χ0v) is 12.9. The minimum absolute atomic E-state index is 0.0828. The zero-order valence-electron chi connectivity index (χ0n) is 12.9. The maximum absolute atomic E-state index is 11.5. The average Bonchev–Trinajstić information content (AvgIpc) is 2.76. The number of nitrogens with one attached hydrogen (secondary N) is 1. The van der Waals surface area contributed by atoms with E-state index in [0.29, 0.717) is 5.46 Å². The number of hydrogen-bond acceptors (Lipinski definition) is 6. The van der Waals surface area contributed by atoms with E-state index in [2.05, 4.69) is 5.32 Å². The molecular formula is C14H20BNO6. The highest BCUT2D eigenvalue weighted by Gasteiger charge is 2.32. The van der Waals surface area contributed by atoms with Gasteiger partial charge in [-0.05, 0) is 32.4 Å². The van der Waals surface area contributed by atoms with Gasteiger partial charge in [-0.2, -0.15) is 0 Å². The molecule has 0 saturated carbocycles. The van der Waals surface area contributed by atoms with Gasteiger partial charge in [0, 0.05) is 5.46 Å². The zero-order chi connectivity index (χ0) is 16.3. The monoisotopic (exact) mass is 309 g/mol. The quantitative estimate of drug-likeness (QED) is 0.554. The van der Waals surface area contributed by atoms with Crippen molar-refractivity contribution in [2.45, 2.75) is 33.0 Å². The summed E-state index contributed by atoms with van der Waals surface area (Å²) in [5.41, 5.74) is 0.628. The lowest BCUT2D eigenvalue weighted by molar-refractivity contribution is 0.0520. The number of rotatable bonds is 4. The van der Waals surface area contributed by atoms with Crippen LogP contribution < -0.4 is 15.5 Å². The predicted octanol–water partition coefficient (Wildman–Crippen LogP) is 0.513. The van der Waals surface area contributed by atoms with Crippen molar-refractivity contribution >= 4 is 18.7 Å². The Morgan fingerprint density at radius 1 is 1.45 bits per heavy atom. The summed E-state index contributed by atoms with van der Waals surface area (Å²) >= 11 is 0. The van der Waals surface area contributed by atoms with E-state index in [-0.39, 0.29) is 31.3 Å². The van der Waals surface area contributed by atoms with Crippen LogP contribution in [-0.4, -0.2) is 42.1 Å². The van der Waals surface area contributed by atoms with E-state index in [9.17, 15) is 14.9 Å². The van der Waals surface area contributed by atoms with Crippen LogP contribution in [0.4, 0.5) is 4.79 Å². The van der Waals surface area contributed by atoms with Crippen molar-refractivity contribution in [2.75, 3.05) is 13.2 Å². The fraction of sp³-hybridized carbons (Fsp3) is 0.500.